The minimum Gasteiger partial charge on any atom is -0.423 e. The molecule has 3 rings (SSSR count). The van der Waals surface area contributed by atoms with Gasteiger partial charge in [-0.05, 0) is 24.8 Å². The average Bonchev–Trinajstić information content (AvgIpc) is 2.65. The summed E-state index contributed by atoms with van der Waals surface area (Å²) in [4.78, 5) is 18.3. The number of nitrogens with zero attached hydrogens (tertiary/aromatic N) is 3. The Morgan fingerprint density at radius 1 is 1.20 bits per heavy atom. The van der Waals surface area contributed by atoms with Crippen molar-refractivity contribution in [2.24, 2.45) is 0 Å². The number of carbonyl (C=O) groups excluding carboxylic acids is 1. The number of hydrogen-bond acceptors (Lipinski definition) is 5. The topological polar surface area (TPSA) is 106 Å². The summed E-state index contributed by atoms with van der Waals surface area (Å²) in [6, 6.07) is 10.7. The second kappa shape index (κ2) is 7.69. The number of rotatable bonds is 4. The Morgan fingerprint density at radius 2 is 1.92 bits per heavy atom. The van der Waals surface area contributed by atoms with Crippen LogP contribution in [0.3, 0.4) is 0 Å². The SMILES string of the molecule is N=c1nc(N2CCCCC2)cc(NC(=O)NCc2ccccc2)n1O. The lowest BCUT2D eigenvalue weighted by Gasteiger charge is -2.28. The molecule has 2 heterocycles. The second-order valence-electron chi connectivity index (χ2n) is 5.98. The summed E-state index contributed by atoms with van der Waals surface area (Å²) >= 11 is 0. The van der Waals surface area contributed by atoms with Gasteiger partial charge in [-0.3, -0.25) is 10.7 Å². The standard InChI is InChI=1S/C17H22N6O2/c18-16-20-14(22-9-5-2-6-10-22)11-15(23(16)25)21-17(24)19-12-13-7-3-1-4-8-13/h1,3-4,7-8,11,18,25H,2,5-6,9-10,12H2,(H2,19,21,24). The Kier molecular flexibility index (Phi) is 5.17. The Morgan fingerprint density at radius 3 is 2.64 bits per heavy atom. The van der Waals surface area contributed by atoms with Crippen molar-refractivity contribution >= 4 is 17.7 Å². The molecule has 4 N–H and O–H groups in total. The van der Waals surface area contributed by atoms with Gasteiger partial charge in [-0.2, -0.15) is 4.98 Å². The average molecular weight is 342 g/mol. The first-order valence-corrected chi connectivity index (χ1v) is 8.35. The summed E-state index contributed by atoms with van der Waals surface area (Å²) in [6.45, 7) is 2.10. The number of urea groups is 1. The number of hydrogen-bond donors (Lipinski definition) is 4. The van der Waals surface area contributed by atoms with Gasteiger partial charge in [-0.15, -0.1) is 4.73 Å². The van der Waals surface area contributed by atoms with Crippen molar-refractivity contribution in [2.45, 2.75) is 25.8 Å². The van der Waals surface area contributed by atoms with E-state index < -0.39 is 6.03 Å². The Bertz CT molecular complexity index is 783. The van der Waals surface area contributed by atoms with E-state index >= 15 is 0 Å². The number of nitrogens with one attached hydrogen (secondary N) is 3. The molecule has 2 amide bonds. The summed E-state index contributed by atoms with van der Waals surface area (Å²) in [7, 11) is 0. The fourth-order valence-electron chi connectivity index (χ4n) is 2.80. The van der Waals surface area contributed by atoms with Crippen LogP contribution in [0.4, 0.5) is 16.4 Å². The number of anilines is 2. The van der Waals surface area contributed by atoms with Crippen LogP contribution in [0.25, 0.3) is 0 Å². The largest absolute Gasteiger partial charge is 0.423 e. The number of aromatic nitrogens is 2. The molecule has 1 saturated heterocycles. The molecule has 0 aliphatic carbocycles. The van der Waals surface area contributed by atoms with Crippen LogP contribution in [0.1, 0.15) is 24.8 Å². The van der Waals surface area contributed by atoms with Gasteiger partial charge < -0.3 is 15.4 Å². The molecule has 2 aromatic rings. The summed E-state index contributed by atoms with van der Waals surface area (Å²) < 4.78 is 0.565. The van der Waals surface area contributed by atoms with Crippen molar-refractivity contribution < 1.29 is 10.0 Å². The van der Waals surface area contributed by atoms with E-state index in [0.717, 1.165) is 31.5 Å². The Balaban J connectivity index is 1.69. The zero-order valence-corrected chi connectivity index (χ0v) is 13.9. The highest BCUT2D eigenvalue weighted by atomic mass is 16.5. The van der Waals surface area contributed by atoms with Gasteiger partial charge in [-0.1, -0.05) is 30.3 Å². The maximum absolute atomic E-state index is 12.1. The third-order valence-corrected chi connectivity index (χ3v) is 4.13. The number of piperidine rings is 1. The lowest BCUT2D eigenvalue weighted by Crippen LogP contribution is -2.35. The molecule has 0 radical (unpaired) electrons. The molecule has 0 atom stereocenters. The molecule has 1 aromatic heterocycles. The van der Waals surface area contributed by atoms with Gasteiger partial charge in [0.05, 0.1) is 0 Å². The zero-order valence-electron chi connectivity index (χ0n) is 13.9. The highest BCUT2D eigenvalue weighted by Crippen LogP contribution is 2.18. The van der Waals surface area contributed by atoms with Crippen molar-refractivity contribution in [1.29, 1.82) is 5.41 Å². The maximum Gasteiger partial charge on any atom is 0.320 e. The minimum atomic E-state index is -0.457. The fraction of sp³-hybridized carbons (Fsp3) is 0.353. The third-order valence-electron chi connectivity index (χ3n) is 4.13. The lowest BCUT2D eigenvalue weighted by molar-refractivity contribution is 0.170. The Labute approximate surface area is 145 Å². The molecule has 8 heteroatoms. The van der Waals surface area contributed by atoms with E-state index in [1.165, 1.54) is 6.42 Å². The summed E-state index contributed by atoms with van der Waals surface area (Å²) in [5.41, 5.74) is 0.654. The predicted molar refractivity (Wildman–Crippen MR) is 93.6 cm³/mol. The van der Waals surface area contributed by atoms with Gasteiger partial charge in [0.1, 0.15) is 5.82 Å². The van der Waals surface area contributed by atoms with Crippen LogP contribution in [-0.2, 0) is 6.54 Å². The molecule has 1 aliphatic heterocycles. The monoisotopic (exact) mass is 342 g/mol. The maximum atomic E-state index is 12.1. The van der Waals surface area contributed by atoms with E-state index in [9.17, 15) is 10.0 Å². The van der Waals surface area contributed by atoms with Gasteiger partial charge in [0.15, 0.2) is 5.82 Å². The van der Waals surface area contributed by atoms with E-state index in [-0.39, 0.29) is 11.4 Å². The van der Waals surface area contributed by atoms with Crippen molar-refractivity contribution in [3.8, 4) is 0 Å². The van der Waals surface area contributed by atoms with E-state index in [0.29, 0.717) is 17.1 Å². The second-order valence-corrected chi connectivity index (χ2v) is 5.98. The molecule has 1 aliphatic rings. The van der Waals surface area contributed by atoms with Gasteiger partial charge in [0.2, 0.25) is 0 Å². The molecule has 0 spiro atoms. The van der Waals surface area contributed by atoms with Crippen LogP contribution in [0, 0.1) is 5.41 Å². The molecule has 0 unspecified atom stereocenters. The van der Waals surface area contributed by atoms with Crippen LogP contribution < -0.4 is 21.2 Å². The normalized spacial score (nSPS) is 14.2. The quantitative estimate of drug-likeness (QED) is 0.637. The minimum absolute atomic E-state index is 0.117. The third kappa shape index (κ3) is 4.28. The molecular formula is C17H22N6O2. The van der Waals surface area contributed by atoms with Crippen LogP contribution in [0.15, 0.2) is 36.4 Å². The first-order chi connectivity index (χ1) is 12.1. The molecule has 25 heavy (non-hydrogen) atoms. The number of carbonyl (C=O) groups is 1. The molecule has 8 nitrogen and oxygen atoms in total. The van der Waals surface area contributed by atoms with Crippen LogP contribution in [-0.4, -0.2) is 34.0 Å². The van der Waals surface area contributed by atoms with E-state index in [1.807, 2.05) is 30.3 Å². The van der Waals surface area contributed by atoms with Gasteiger partial charge >= 0.3 is 6.03 Å². The number of amides is 2. The predicted octanol–water partition coefficient (Wildman–Crippen LogP) is 1.91. The van der Waals surface area contributed by atoms with Gasteiger partial charge in [0.25, 0.3) is 5.62 Å². The molecular weight excluding hydrogens is 320 g/mol. The van der Waals surface area contributed by atoms with Crippen molar-refractivity contribution in [3.05, 3.63) is 47.6 Å². The molecule has 1 aromatic carbocycles. The Hall–Kier alpha value is -3.03. The van der Waals surface area contributed by atoms with Crippen LogP contribution in [0.5, 0.6) is 0 Å². The summed E-state index contributed by atoms with van der Waals surface area (Å²) in [5.74, 6) is 0.708. The summed E-state index contributed by atoms with van der Waals surface area (Å²) in [6.07, 6.45) is 3.33. The van der Waals surface area contributed by atoms with Crippen molar-refractivity contribution in [2.75, 3.05) is 23.3 Å². The number of benzene rings is 1. The zero-order chi connectivity index (χ0) is 17.6. The van der Waals surface area contributed by atoms with Crippen molar-refractivity contribution in [3.63, 3.8) is 0 Å². The van der Waals surface area contributed by atoms with E-state index in [2.05, 4.69) is 20.5 Å². The summed E-state index contributed by atoms with van der Waals surface area (Å²) in [5, 5.41) is 23.1. The van der Waals surface area contributed by atoms with E-state index in [1.54, 1.807) is 6.07 Å². The highest BCUT2D eigenvalue weighted by molar-refractivity contribution is 5.88. The molecule has 132 valence electrons. The smallest absolute Gasteiger partial charge is 0.320 e. The van der Waals surface area contributed by atoms with Crippen LogP contribution >= 0.6 is 0 Å². The highest BCUT2D eigenvalue weighted by Gasteiger charge is 2.16. The fourth-order valence-corrected chi connectivity index (χ4v) is 2.80. The first kappa shape index (κ1) is 16.8. The van der Waals surface area contributed by atoms with Crippen molar-refractivity contribution in [1.82, 2.24) is 15.0 Å². The van der Waals surface area contributed by atoms with Gasteiger partial charge in [-0.25, -0.2) is 4.79 Å². The lowest BCUT2D eigenvalue weighted by atomic mass is 10.1. The molecule has 0 bridgehead atoms. The molecule has 1 fully saturated rings. The van der Waals surface area contributed by atoms with Gasteiger partial charge in [0, 0.05) is 25.7 Å². The first-order valence-electron chi connectivity index (χ1n) is 8.35. The molecule has 0 saturated carbocycles. The van der Waals surface area contributed by atoms with E-state index in [4.69, 9.17) is 5.41 Å². The van der Waals surface area contributed by atoms with Crippen LogP contribution in [0.2, 0.25) is 0 Å².